The lowest BCUT2D eigenvalue weighted by atomic mass is 9.95. The zero-order valence-electron chi connectivity index (χ0n) is 17.5. The van der Waals surface area contributed by atoms with Gasteiger partial charge in [0.25, 0.3) is 10.5 Å². The van der Waals surface area contributed by atoms with Crippen LogP contribution in [0.1, 0.15) is 53.3 Å². The van der Waals surface area contributed by atoms with Gasteiger partial charge in [0.2, 0.25) is 0 Å². The number of halogens is 7. The van der Waals surface area contributed by atoms with Crippen molar-refractivity contribution in [3.05, 3.63) is 104 Å². The predicted octanol–water partition coefficient (Wildman–Crippen LogP) is 7.35. The highest BCUT2D eigenvalue weighted by Crippen LogP contribution is 2.37. The third-order valence-corrected chi connectivity index (χ3v) is 5.41. The van der Waals surface area contributed by atoms with E-state index in [0.717, 1.165) is 18.2 Å². The van der Waals surface area contributed by atoms with E-state index in [0.29, 0.717) is 11.6 Å². The molecule has 35 heavy (non-hydrogen) atoms. The number of nitriles is 1. The summed E-state index contributed by atoms with van der Waals surface area (Å²) in [5, 5.41) is 5.95. The highest BCUT2D eigenvalue weighted by atomic mass is 35.5. The zero-order chi connectivity index (χ0) is 26.5. The second kappa shape index (κ2) is 11.5. The number of aryl methyl sites for hydroxylation is 1. The molecular formula is C24H12Cl3F4NO3. The molecule has 3 aromatic rings. The summed E-state index contributed by atoms with van der Waals surface area (Å²) in [6.45, 7) is 1.38. The number of carbonyl (C=O) groups excluding carboxylic acids is 3. The van der Waals surface area contributed by atoms with Gasteiger partial charge in [-0.15, -0.1) is 0 Å². The Morgan fingerprint density at radius 2 is 1.43 bits per heavy atom. The van der Waals surface area contributed by atoms with Crippen molar-refractivity contribution in [1.82, 2.24) is 0 Å². The van der Waals surface area contributed by atoms with Crippen molar-refractivity contribution >= 4 is 51.1 Å². The Hall–Kier alpha value is -3.25. The molecule has 0 aliphatic heterocycles. The van der Waals surface area contributed by atoms with Gasteiger partial charge in [0.05, 0.1) is 38.9 Å². The first-order chi connectivity index (χ1) is 16.3. The van der Waals surface area contributed by atoms with Crippen LogP contribution in [0, 0.1) is 24.1 Å². The highest BCUT2D eigenvalue weighted by Gasteiger charge is 2.35. The molecule has 0 aliphatic rings. The molecule has 0 N–H and O–H groups in total. The summed E-state index contributed by atoms with van der Waals surface area (Å²) in [5.74, 6) is -2.27. The molecule has 0 heterocycles. The second-order valence-corrected chi connectivity index (χ2v) is 7.88. The Labute approximate surface area is 211 Å². The molecule has 0 fully saturated rings. The van der Waals surface area contributed by atoms with Crippen LogP contribution in [-0.2, 0) is 6.18 Å². The standard InChI is InChI=1S/C16H8Cl2F4O2.C8H4ClNO/c1-7-5-6-9(15(18)24)13(19)11(7)14(23)8-3-2-4-10(12(8)17)16(20,21)22;9-8(11)7-4-2-1-3-6(7)5-10/h2-6H,1H3;1-4H. The van der Waals surface area contributed by atoms with Gasteiger partial charge in [0.15, 0.2) is 5.78 Å². The largest absolute Gasteiger partial charge is 0.417 e. The van der Waals surface area contributed by atoms with E-state index >= 15 is 0 Å². The maximum absolute atomic E-state index is 14.4. The molecule has 0 radical (unpaired) electrons. The highest BCUT2D eigenvalue weighted by molar-refractivity contribution is 6.68. The number of hydrogen-bond acceptors (Lipinski definition) is 4. The monoisotopic (exact) mass is 543 g/mol. The SMILES string of the molecule is Cc1ccc(C(=O)Cl)c(F)c1C(=O)c1cccc(C(F)(F)F)c1Cl.N#Cc1ccccc1C(=O)Cl. The minimum absolute atomic E-state index is 0.132. The maximum Gasteiger partial charge on any atom is 0.417 e. The van der Waals surface area contributed by atoms with Gasteiger partial charge in [-0.2, -0.15) is 18.4 Å². The third kappa shape index (κ3) is 6.45. The van der Waals surface area contributed by atoms with Gasteiger partial charge >= 0.3 is 6.18 Å². The van der Waals surface area contributed by atoms with Crippen LogP contribution in [0.3, 0.4) is 0 Å². The lowest BCUT2D eigenvalue weighted by molar-refractivity contribution is -0.137. The van der Waals surface area contributed by atoms with E-state index in [1.54, 1.807) is 18.2 Å². The summed E-state index contributed by atoms with van der Waals surface area (Å²) in [6.07, 6.45) is -4.77. The van der Waals surface area contributed by atoms with E-state index in [2.05, 4.69) is 0 Å². The van der Waals surface area contributed by atoms with Gasteiger partial charge in [-0.25, -0.2) is 4.39 Å². The molecule has 0 amide bonds. The van der Waals surface area contributed by atoms with E-state index in [1.165, 1.54) is 19.1 Å². The molecule has 0 bridgehead atoms. The lowest BCUT2D eigenvalue weighted by Crippen LogP contribution is -2.13. The lowest BCUT2D eigenvalue weighted by Gasteiger charge is -2.13. The zero-order valence-corrected chi connectivity index (χ0v) is 19.8. The molecule has 0 aliphatic carbocycles. The minimum atomic E-state index is -4.77. The molecule has 0 aromatic heterocycles. The van der Waals surface area contributed by atoms with Crippen LogP contribution in [0.5, 0.6) is 0 Å². The fraction of sp³-hybridized carbons (Fsp3) is 0.0833. The fourth-order valence-electron chi connectivity index (χ4n) is 2.92. The van der Waals surface area contributed by atoms with Crippen LogP contribution in [-0.4, -0.2) is 16.3 Å². The molecule has 0 unspecified atom stereocenters. The molecule has 0 atom stereocenters. The van der Waals surface area contributed by atoms with Crippen molar-refractivity contribution in [3.8, 4) is 6.07 Å². The van der Waals surface area contributed by atoms with E-state index in [9.17, 15) is 31.9 Å². The van der Waals surface area contributed by atoms with Gasteiger partial charge in [0, 0.05) is 5.56 Å². The van der Waals surface area contributed by atoms with Crippen molar-refractivity contribution < 1.29 is 31.9 Å². The molecule has 11 heteroatoms. The van der Waals surface area contributed by atoms with E-state index in [1.807, 2.05) is 6.07 Å². The summed E-state index contributed by atoms with van der Waals surface area (Å²) in [4.78, 5) is 34.3. The Bertz CT molecular complexity index is 1370. The first-order valence-electron chi connectivity index (χ1n) is 9.39. The average molecular weight is 545 g/mol. The predicted molar refractivity (Wildman–Crippen MR) is 123 cm³/mol. The summed E-state index contributed by atoms with van der Waals surface area (Å²) in [7, 11) is 0. The number of benzene rings is 3. The van der Waals surface area contributed by atoms with Gasteiger partial charge in [-0.1, -0.05) is 35.9 Å². The van der Waals surface area contributed by atoms with Crippen LogP contribution < -0.4 is 0 Å². The Morgan fingerprint density at radius 3 is 1.94 bits per heavy atom. The number of carbonyl (C=O) groups is 3. The first-order valence-corrected chi connectivity index (χ1v) is 10.5. The average Bonchev–Trinajstić information content (AvgIpc) is 2.78. The van der Waals surface area contributed by atoms with Crippen molar-refractivity contribution in [2.24, 2.45) is 0 Å². The smallest absolute Gasteiger partial charge is 0.288 e. The van der Waals surface area contributed by atoms with Crippen molar-refractivity contribution in [2.45, 2.75) is 13.1 Å². The molecule has 180 valence electrons. The fourth-order valence-corrected chi connectivity index (χ4v) is 3.55. The van der Waals surface area contributed by atoms with Crippen molar-refractivity contribution in [3.63, 3.8) is 0 Å². The van der Waals surface area contributed by atoms with Gasteiger partial charge < -0.3 is 0 Å². The molecule has 3 rings (SSSR count). The van der Waals surface area contributed by atoms with E-state index in [4.69, 9.17) is 40.1 Å². The number of hydrogen-bond donors (Lipinski definition) is 0. The Balaban J connectivity index is 0.000000328. The Morgan fingerprint density at radius 1 is 0.857 bits per heavy atom. The van der Waals surface area contributed by atoms with E-state index in [-0.39, 0.29) is 11.1 Å². The van der Waals surface area contributed by atoms with Crippen LogP contribution in [0.2, 0.25) is 5.02 Å². The van der Waals surface area contributed by atoms with Gasteiger partial charge in [-0.3, -0.25) is 14.4 Å². The molecule has 0 spiro atoms. The number of alkyl halides is 3. The maximum atomic E-state index is 14.4. The van der Waals surface area contributed by atoms with Crippen molar-refractivity contribution in [2.75, 3.05) is 0 Å². The first kappa shape index (κ1) is 28.0. The summed E-state index contributed by atoms with van der Waals surface area (Å²) < 4.78 is 53.1. The number of nitrogens with zero attached hydrogens (tertiary/aromatic N) is 1. The van der Waals surface area contributed by atoms with Crippen LogP contribution >= 0.6 is 34.8 Å². The minimum Gasteiger partial charge on any atom is -0.288 e. The second-order valence-electron chi connectivity index (χ2n) is 6.82. The molecular weight excluding hydrogens is 533 g/mol. The summed E-state index contributed by atoms with van der Waals surface area (Å²) in [6, 6.07) is 13.4. The van der Waals surface area contributed by atoms with Crippen LogP contribution in [0.15, 0.2) is 54.6 Å². The van der Waals surface area contributed by atoms with Gasteiger partial charge in [-0.05, 0) is 66.0 Å². The third-order valence-electron chi connectivity index (χ3n) is 4.60. The van der Waals surface area contributed by atoms with E-state index < -0.39 is 55.5 Å². The normalized spacial score (nSPS) is 10.6. The molecule has 4 nitrogen and oxygen atoms in total. The number of rotatable bonds is 4. The topological polar surface area (TPSA) is 75.0 Å². The molecule has 3 aromatic carbocycles. The van der Waals surface area contributed by atoms with Crippen molar-refractivity contribution in [1.29, 1.82) is 5.26 Å². The Kier molecular flexibility index (Phi) is 9.16. The summed E-state index contributed by atoms with van der Waals surface area (Å²) >= 11 is 16.1. The number of ketones is 1. The van der Waals surface area contributed by atoms with Crippen LogP contribution in [0.4, 0.5) is 17.6 Å². The quantitative estimate of drug-likeness (QED) is 0.195. The molecule has 0 saturated carbocycles. The van der Waals surface area contributed by atoms with Gasteiger partial charge in [0.1, 0.15) is 5.82 Å². The van der Waals surface area contributed by atoms with Crippen LogP contribution in [0.25, 0.3) is 0 Å². The molecule has 0 saturated heterocycles. The summed E-state index contributed by atoms with van der Waals surface area (Å²) in [5.41, 5.74) is -2.13.